The standard InChI is InChI=1S/C13H15NO3S/c1-13(2,3)12-14-8-6-7(10(15)11(16)17)4-5-9(8)18-12/h4-6,10,15H,1-3H3,(H,16,17). The Morgan fingerprint density at radius 1 is 1.39 bits per heavy atom. The van der Waals surface area contributed by atoms with Crippen molar-refractivity contribution in [2.24, 2.45) is 0 Å². The lowest BCUT2D eigenvalue weighted by molar-refractivity contribution is -0.146. The fourth-order valence-corrected chi connectivity index (χ4v) is 2.58. The second-order valence-corrected chi connectivity index (χ2v) is 6.27. The Hall–Kier alpha value is -1.46. The average Bonchev–Trinajstić information content (AvgIpc) is 2.69. The van der Waals surface area contributed by atoms with Crippen LogP contribution in [0.2, 0.25) is 0 Å². The number of carboxylic acids is 1. The molecule has 1 unspecified atom stereocenters. The van der Waals surface area contributed by atoms with Crippen LogP contribution in [0.1, 0.15) is 37.4 Å². The zero-order chi connectivity index (χ0) is 13.5. The Kier molecular flexibility index (Phi) is 3.12. The molecule has 0 radical (unpaired) electrons. The molecule has 4 nitrogen and oxygen atoms in total. The number of hydrogen-bond acceptors (Lipinski definition) is 4. The first kappa shape index (κ1) is 13.0. The minimum Gasteiger partial charge on any atom is -0.479 e. The number of aromatic nitrogens is 1. The molecule has 1 aromatic carbocycles. The zero-order valence-electron chi connectivity index (χ0n) is 10.5. The van der Waals surface area contributed by atoms with Crippen LogP contribution in [0, 0.1) is 0 Å². The first-order valence-corrected chi connectivity index (χ1v) is 6.42. The minimum atomic E-state index is -1.49. The van der Waals surface area contributed by atoms with E-state index >= 15 is 0 Å². The van der Waals surface area contributed by atoms with Crippen LogP contribution in [0.15, 0.2) is 18.2 Å². The van der Waals surface area contributed by atoms with Gasteiger partial charge >= 0.3 is 5.97 Å². The van der Waals surface area contributed by atoms with Crippen molar-refractivity contribution in [1.82, 2.24) is 4.98 Å². The van der Waals surface area contributed by atoms with Gasteiger partial charge in [-0.3, -0.25) is 0 Å². The van der Waals surface area contributed by atoms with Crippen molar-refractivity contribution >= 4 is 27.5 Å². The Morgan fingerprint density at radius 2 is 2.06 bits per heavy atom. The van der Waals surface area contributed by atoms with Crippen LogP contribution in [0.5, 0.6) is 0 Å². The second kappa shape index (κ2) is 4.33. The molecule has 2 aromatic rings. The summed E-state index contributed by atoms with van der Waals surface area (Å²) in [6.45, 7) is 6.24. The molecule has 18 heavy (non-hydrogen) atoms. The molecule has 0 bridgehead atoms. The third-order valence-corrected chi connectivity index (χ3v) is 4.07. The molecular weight excluding hydrogens is 250 g/mol. The third-order valence-electron chi connectivity index (χ3n) is 2.60. The molecule has 0 saturated heterocycles. The fourth-order valence-electron chi connectivity index (χ4n) is 1.58. The van der Waals surface area contributed by atoms with Crippen LogP contribution in [-0.4, -0.2) is 21.2 Å². The molecule has 5 heteroatoms. The van der Waals surface area contributed by atoms with Gasteiger partial charge in [0.15, 0.2) is 6.10 Å². The van der Waals surface area contributed by atoms with Gasteiger partial charge in [0.05, 0.1) is 15.2 Å². The van der Waals surface area contributed by atoms with Crippen LogP contribution >= 0.6 is 11.3 Å². The molecule has 0 fully saturated rings. The van der Waals surface area contributed by atoms with Crippen molar-refractivity contribution in [3.8, 4) is 0 Å². The summed E-state index contributed by atoms with van der Waals surface area (Å²) in [5.74, 6) is -1.25. The lowest BCUT2D eigenvalue weighted by Gasteiger charge is -2.13. The van der Waals surface area contributed by atoms with Crippen molar-refractivity contribution in [1.29, 1.82) is 0 Å². The van der Waals surface area contributed by atoms with E-state index < -0.39 is 12.1 Å². The summed E-state index contributed by atoms with van der Waals surface area (Å²) in [6, 6.07) is 5.08. The first-order chi connectivity index (χ1) is 8.29. The molecule has 2 N–H and O–H groups in total. The van der Waals surface area contributed by atoms with Gasteiger partial charge in [0.2, 0.25) is 0 Å². The molecule has 0 aliphatic carbocycles. The summed E-state index contributed by atoms with van der Waals surface area (Å²) in [6.07, 6.45) is -1.49. The van der Waals surface area contributed by atoms with Gasteiger partial charge < -0.3 is 10.2 Å². The zero-order valence-corrected chi connectivity index (χ0v) is 11.3. The monoisotopic (exact) mass is 265 g/mol. The van der Waals surface area contributed by atoms with E-state index in [4.69, 9.17) is 5.11 Å². The highest BCUT2D eigenvalue weighted by Crippen LogP contribution is 2.32. The predicted molar refractivity (Wildman–Crippen MR) is 70.9 cm³/mol. The number of nitrogens with zero attached hydrogens (tertiary/aromatic N) is 1. The maximum absolute atomic E-state index is 10.7. The van der Waals surface area contributed by atoms with Crippen molar-refractivity contribution in [3.05, 3.63) is 28.8 Å². The number of hydrogen-bond donors (Lipinski definition) is 2. The Balaban J connectivity index is 2.49. The van der Waals surface area contributed by atoms with E-state index in [-0.39, 0.29) is 5.41 Å². The van der Waals surface area contributed by atoms with Gasteiger partial charge in [0.25, 0.3) is 0 Å². The van der Waals surface area contributed by atoms with Crippen LogP contribution in [-0.2, 0) is 10.2 Å². The summed E-state index contributed by atoms with van der Waals surface area (Å²) in [7, 11) is 0. The molecule has 0 amide bonds. The van der Waals surface area contributed by atoms with Gasteiger partial charge in [-0.2, -0.15) is 0 Å². The number of benzene rings is 1. The topological polar surface area (TPSA) is 70.4 Å². The molecular formula is C13H15NO3S. The molecule has 1 aromatic heterocycles. The normalized spacial score (nSPS) is 13.8. The maximum atomic E-state index is 10.7. The summed E-state index contributed by atoms with van der Waals surface area (Å²) < 4.78 is 1.00. The van der Waals surface area contributed by atoms with Crippen LogP contribution in [0.25, 0.3) is 10.2 Å². The molecule has 0 saturated carbocycles. The lowest BCUT2D eigenvalue weighted by Crippen LogP contribution is -2.10. The number of carboxylic acid groups (broad SMARTS) is 1. The molecule has 1 atom stereocenters. The summed E-state index contributed by atoms with van der Waals surface area (Å²) in [5.41, 5.74) is 1.07. The second-order valence-electron chi connectivity index (χ2n) is 5.24. The molecule has 0 aliphatic rings. The van der Waals surface area contributed by atoms with Gasteiger partial charge in [-0.25, -0.2) is 9.78 Å². The Bertz CT molecular complexity index is 598. The molecule has 2 rings (SSSR count). The van der Waals surface area contributed by atoms with Gasteiger partial charge in [0.1, 0.15) is 0 Å². The maximum Gasteiger partial charge on any atom is 0.337 e. The summed E-state index contributed by atoms with van der Waals surface area (Å²) in [4.78, 5) is 15.2. The molecule has 0 aliphatic heterocycles. The van der Waals surface area contributed by atoms with Crippen LogP contribution < -0.4 is 0 Å². The quantitative estimate of drug-likeness (QED) is 0.876. The van der Waals surface area contributed by atoms with E-state index in [9.17, 15) is 9.90 Å². The fraction of sp³-hybridized carbons (Fsp3) is 0.385. The van der Waals surface area contributed by atoms with E-state index in [1.807, 2.05) is 6.07 Å². The van der Waals surface area contributed by atoms with Gasteiger partial charge in [-0.15, -0.1) is 11.3 Å². The van der Waals surface area contributed by atoms with Crippen molar-refractivity contribution in [3.63, 3.8) is 0 Å². The lowest BCUT2D eigenvalue weighted by atomic mass is 9.98. The van der Waals surface area contributed by atoms with Gasteiger partial charge in [-0.05, 0) is 17.7 Å². The highest BCUT2D eigenvalue weighted by atomic mass is 32.1. The number of carbonyl (C=O) groups is 1. The van der Waals surface area contributed by atoms with Crippen molar-refractivity contribution < 1.29 is 15.0 Å². The highest BCUT2D eigenvalue weighted by molar-refractivity contribution is 7.18. The number of thiazole rings is 1. The smallest absolute Gasteiger partial charge is 0.337 e. The highest BCUT2D eigenvalue weighted by Gasteiger charge is 2.20. The average molecular weight is 265 g/mol. The number of fused-ring (bicyclic) bond motifs is 1. The Morgan fingerprint density at radius 3 is 2.61 bits per heavy atom. The summed E-state index contributed by atoms with van der Waals surface area (Å²) in [5, 5.41) is 19.3. The van der Waals surface area contributed by atoms with Gasteiger partial charge in [-0.1, -0.05) is 26.8 Å². The van der Waals surface area contributed by atoms with Crippen LogP contribution in [0.3, 0.4) is 0 Å². The molecule has 96 valence electrons. The number of aliphatic hydroxyl groups excluding tert-OH is 1. The van der Waals surface area contributed by atoms with Gasteiger partial charge in [0, 0.05) is 5.41 Å². The van der Waals surface area contributed by atoms with E-state index in [1.165, 1.54) is 0 Å². The van der Waals surface area contributed by atoms with E-state index in [1.54, 1.807) is 23.5 Å². The van der Waals surface area contributed by atoms with E-state index in [2.05, 4.69) is 25.8 Å². The third kappa shape index (κ3) is 2.37. The van der Waals surface area contributed by atoms with Crippen LogP contribution in [0.4, 0.5) is 0 Å². The SMILES string of the molecule is CC(C)(C)c1nc2cc(C(O)C(=O)O)ccc2s1. The van der Waals surface area contributed by atoms with E-state index in [0.717, 1.165) is 15.2 Å². The summed E-state index contributed by atoms with van der Waals surface area (Å²) >= 11 is 1.59. The number of aliphatic carboxylic acids is 1. The van der Waals surface area contributed by atoms with Crippen molar-refractivity contribution in [2.45, 2.75) is 32.3 Å². The largest absolute Gasteiger partial charge is 0.479 e. The molecule has 1 heterocycles. The van der Waals surface area contributed by atoms with E-state index in [0.29, 0.717) is 5.56 Å². The first-order valence-electron chi connectivity index (χ1n) is 5.61. The molecule has 0 spiro atoms. The number of rotatable bonds is 2. The Labute approximate surface area is 109 Å². The minimum absolute atomic E-state index is 0.0325. The van der Waals surface area contributed by atoms with Crippen molar-refractivity contribution in [2.75, 3.05) is 0 Å². The number of aliphatic hydroxyl groups is 1. The predicted octanol–water partition coefficient (Wildman–Crippen LogP) is 2.71.